The number of rotatable bonds is 7. The zero-order chi connectivity index (χ0) is 77.3. The Morgan fingerprint density at radius 1 is 0.140 bits per heavy atom. The second-order valence-corrected chi connectivity index (χ2v) is 33.7. The number of hydrogen-bond donors (Lipinski definition) is 0. The first-order valence-electron chi connectivity index (χ1n) is 40.0. The van der Waals surface area contributed by atoms with Gasteiger partial charge >= 0.3 is 0 Å². The normalized spacial score (nSPS) is 12.3. The van der Waals surface area contributed by atoms with Crippen LogP contribution in [-0.4, -0.2) is 27.4 Å². The maximum absolute atomic E-state index is 2.41. The van der Waals surface area contributed by atoms with Gasteiger partial charge in [-0.05, 0) is 196 Å². The molecule has 0 radical (unpaired) electrons. The van der Waals surface area contributed by atoms with Gasteiger partial charge in [0, 0.05) is 98.8 Å². The minimum atomic E-state index is 0.128. The molecule has 0 aliphatic heterocycles. The Balaban J connectivity index is 0.000000111. The van der Waals surface area contributed by atoms with Crippen LogP contribution in [0.25, 0.3) is 176 Å². The Morgan fingerprint density at radius 2 is 0.342 bits per heavy atom. The molecule has 0 aliphatic rings. The van der Waals surface area contributed by atoms with Crippen molar-refractivity contribution in [2.75, 3.05) is 0 Å². The van der Waals surface area contributed by atoms with Gasteiger partial charge in [-0.25, -0.2) is 0 Å². The molecular weight excluding hydrogens is 1380 g/mol. The summed E-state index contributed by atoms with van der Waals surface area (Å²) >= 11 is 0. The van der Waals surface area contributed by atoms with E-state index in [2.05, 4.69) is 460 Å². The third-order valence-corrected chi connectivity index (χ3v) is 23.7. The Hall–Kier alpha value is -13.7. The maximum Gasteiger partial charge on any atom is 0.0561 e. The van der Waals surface area contributed by atoms with Gasteiger partial charge < -0.3 is 27.4 Å². The van der Waals surface area contributed by atoms with E-state index in [1.807, 2.05) is 0 Å². The fourth-order valence-electron chi connectivity index (χ4n) is 17.9. The van der Waals surface area contributed by atoms with Crippen LogP contribution in [0.5, 0.6) is 0 Å². The summed E-state index contributed by atoms with van der Waals surface area (Å²) in [7, 11) is 0. The maximum atomic E-state index is 2.41. The highest BCUT2D eigenvalue weighted by molar-refractivity contribution is 6.16. The van der Waals surface area contributed by atoms with Crippen LogP contribution in [0, 0.1) is 0 Å². The molecule has 16 aromatic carbocycles. The van der Waals surface area contributed by atoms with E-state index in [4.69, 9.17) is 0 Å². The van der Waals surface area contributed by atoms with Gasteiger partial charge in [-0.2, -0.15) is 0 Å². The molecule has 0 amide bonds. The fraction of sp³-hybridized carbons (Fsp3) is 0.111. The molecule has 0 saturated carbocycles. The Kier molecular flexibility index (Phi) is 16.5. The van der Waals surface area contributed by atoms with Crippen molar-refractivity contribution in [2.24, 2.45) is 0 Å². The van der Waals surface area contributed by atoms with Gasteiger partial charge in [0.05, 0.1) is 66.2 Å². The van der Waals surface area contributed by atoms with Crippen LogP contribution in [0.15, 0.2) is 370 Å². The zero-order valence-corrected chi connectivity index (χ0v) is 65.9. The largest absolute Gasteiger partial charge is 0.309 e. The molecule has 6 nitrogen and oxygen atoms in total. The minimum Gasteiger partial charge on any atom is -0.309 e. The number of aromatic nitrogens is 6. The average Bonchev–Trinajstić information content (AvgIpc) is 1.59. The van der Waals surface area contributed by atoms with E-state index in [0.29, 0.717) is 0 Å². The molecular formula is C108H88N6. The first-order valence-corrected chi connectivity index (χ1v) is 40.0. The summed E-state index contributed by atoms with van der Waals surface area (Å²) in [6.07, 6.45) is 0. The molecule has 0 atom stereocenters. The molecule has 6 heterocycles. The third-order valence-electron chi connectivity index (χ3n) is 23.7. The van der Waals surface area contributed by atoms with Crippen molar-refractivity contribution in [1.29, 1.82) is 0 Å². The van der Waals surface area contributed by atoms with Crippen LogP contribution in [0.2, 0.25) is 0 Å². The van der Waals surface area contributed by atoms with Gasteiger partial charge in [0.2, 0.25) is 0 Å². The number of benzene rings is 16. The van der Waals surface area contributed by atoms with Crippen molar-refractivity contribution in [3.8, 4) is 45.3 Å². The number of nitrogens with zero attached hydrogens (tertiary/aromatic N) is 6. The van der Waals surface area contributed by atoms with E-state index < -0.39 is 0 Å². The molecule has 22 aromatic rings. The molecule has 0 aliphatic carbocycles. The highest BCUT2D eigenvalue weighted by Gasteiger charge is 2.24. The number of fused-ring (bicyclic) bond motifs is 18. The second kappa shape index (κ2) is 27.1. The van der Waals surface area contributed by atoms with Gasteiger partial charge in [0.25, 0.3) is 0 Å². The van der Waals surface area contributed by atoms with E-state index >= 15 is 0 Å². The molecule has 22 rings (SSSR count). The highest BCUT2D eigenvalue weighted by atomic mass is 15.0. The van der Waals surface area contributed by atoms with Crippen molar-refractivity contribution in [3.63, 3.8) is 0 Å². The van der Waals surface area contributed by atoms with Gasteiger partial charge in [-0.15, -0.1) is 0 Å². The monoisotopic (exact) mass is 1470 g/mol. The molecule has 0 unspecified atom stereocenters. The van der Waals surface area contributed by atoms with E-state index in [9.17, 15) is 0 Å². The smallest absolute Gasteiger partial charge is 0.0561 e. The minimum absolute atomic E-state index is 0.128. The third kappa shape index (κ3) is 11.7. The van der Waals surface area contributed by atoms with Crippen LogP contribution in [0.3, 0.4) is 0 Å². The van der Waals surface area contributed by atoms with Crippen LogP contribution in [0.1, 0.15) is 79.0 Å². The van der Waals surface area contributed by atoms with E-state index in [-0.39, 0.29) is 16.2 Å². The van der Waals surface area contributed by atoms with Crippen LogP contribution >= 0.6 is 0 Å². The first-order chi connectivity index (χ1) is 55.5. The molecule has 550 valence electrons. The topological polar surface area (TPSA) is 29.6 Å². The quantitative estimate of drug-likeness (QED) is 0.152. The van der Waals surface area contributed by atoms with Crippen molar-refractivity contribution >= 4 is 131 Å². The first kappa shape index (κ1) is 69.5. The lowest BCUT2D eigenvalue weighted by Gasteiger charge is -2.19. The summed E-state index contributed by atoms with van der Waals surface area (Å²) in [5.74, 6) is 0. The van der Waals surface area contributed by atoms with E-state index in [0.717, 1.165) is 0 Å². The van der Waals surface area contributed by atoms with Crippen molar-refractivity contribution in [2.45, 2.75) is 78.6 Å². The molecule has 0 saturated heterocycles. The van der Waals surface area contributed by atoms with Crippen LogP contribution < -0.4 is 0 Å². The van der Waals surface area contributed by atoms with Gasteiger partial charge in [0.1, 0.15) is 0 Å². The van der Waals surface area contributed by atoms with Crippen molar-refractivity contribution < 1.29 is 0 Å². The summed E-state index contributed by atoms with van der Waals surface area (Å²) in [5, 5.41) is 15.3. The average molecular weight is 1470 g/mol. The van der Waals surface area contributed by atoms with Gasteiger partial charge in [-0.3, -0.25) is 0 Å². The number of hydrogen-bond acceptors (Lipinski definition) is 0. The second-order valence-electron chi connectivity index (χ2n) is 33.7. The summed E-state index contributed by atoms with van der Waals surface area (Å²) in [5.41, 5.74) is 28.8. The standard InChI is InChI=1S/C40H32N2.2C34H28N2/c1-40(2,3)29-19-21-31(22-20-29)42-37-16-10-8-14-33(37)35-26-28(18-24-39(35)42)27-17-23-38-34(25-27)32-13-7-9-15-36(32)41(38)30-11-5-4-6-12-30;1-34(2,3)23-16-18-24(19-17-23)35-30-13-7-6-12-28(30)29-21-20-25(22-33(29)35)36-31-14-8-4-10-26(31)27-11-5-9-15-32(27)36;1-34(2,3)23-16-18-24(19-17-23)35-32-15-9-6-12-28(32)29-22-25(20-21-33(29)35)36-30-13-7-4-10-26(30)27-11-5-8-14-31(27)36/h4-26H,1-3H3;2*4-22H,1-3H3. The molecule has 0 bridgehead atoms. The van der Waals surface area contributed by atoms with Crippen molar-refractivity contribution in [1.82, 2.24) is 27.4 Å². The Morgan fingerprint density at radius 3 is 0.649 bits per heavy atom. The highest BCUT2D eigenvalue weighted by Crippen LogP contribution is 2.43. The zero-order valence-electron chi connectivity index (χ0n) is 65.9. The molecule has 6 aromatic heterocycles. The lowest BCUT2D eigenvalue weighted by Crippen LogP contribution is -2.10. The SMILES string of the molecule is CC(C)(C)c1ccc(-n2c3ccccc3c3cc(-c4ccc5c(c4)c4ccccc4n5-c4ccccc4)ccc32)cc1.CC(C)(C)c1ccc(-n2c3ccccc3c3cc(-n4c5ccccc5c5ccccc54)ccc32)cc1.CC(C)(C)c1ccc(-n2c3ccccc3c3ccc(-n4c5ccccc5c5ccccc54)cc32)cc1. The molecule has 0 fully saturated rings. The van der Waals surface area contributed by atoms with E-state index in [1.54, 1.807) is 0 Å². The summed E-state index contributed by atoms with van der Waals surface area (Å²) < 4.78 is 14.4. The lowest BCUT2D eigenvalue weighted by atomic mass is 9.87. The summed E-state index contributed by atoms with van der Waals surface area (Å²) in [6, 6.07) is 135. The van der Waals surface area contributed by atoms with Gasteiger partial charge in [-0.1, -0.05) is 281 Å². The summed E-state index contributed by atoms with van der Waals surface area (Å²) in [4.78, 5) is 0. The van der Waals surface area contributed by atoms with Crippen molar-refractivity contribution in [3.05, 3.63) is 387 Å². The fourth-order valence-corrected chi connectivity index (χ4v) is 17.9. The van der Waals surface area contributed by atoms with E-state index in [1.165, 1.54) is 193 Å². The molecule has 0 N–H and O–H groups in total. The predicted molar refractivity (Wildman–Crippen MR) is 487 cm³/mol. The molecule has 6 heteroatoms. The van der Waals surface area contributed by atoms with Gasteiger partial charge in [0.15, 0.2) is 0 Å². The summed E-state index contributed by atoms with van der Waals surface area (Å²) in [6.45, 7) is 20.4. The molecule has 114 heavy (non-hydrogen) atoms. The lowest BCUT2D eigenvalue weighted by molar-refractivity contribution is 0.590. The molecule has 0 spiro atoms. The number of para-hydroxylation sites is 9. The Labute approximate surface area is 664 Å². The van der Waals surface area contributed by atoms with Crippen LogP contribution in [-0.2, 0) is 16.2 Å². The Bertz CT molecular complexity index is 7380. The van der Waals surface area contributed by atoms with Crippen LogP contribution in [0.4, 0.5) is 0 Å². The predicted octanol–water partition coefficient (Wildman–Crippen LogP) is 29.2.